The van der Waals surface area contributed by atoms with Gasteiger partial charge in [-0.2, -0.15) is 5.10 Å². The first-order valence-corrected chi connectivity index (χ1v) is 7.72. The molecular formula is C15H25N3O. The SMILES string of the molecule is OCCC1CCN(Cc2ccn(C3CCCC3)n2)C1. The molecule has 0 amide bonds. The van der Waals surface area contributed by atoms with E-state index in [0.29, 0.717) is 18.6 Å². The Morgan fingerprint density at radius 1 is 1.26 bits per heavy atom. The van der Waals surface area contributed by atoms with Gasteiger partial charge in [0.1, 0.15) is 0 Å². The van der Waals surface area contributed by atoms with Gasteiger partial charge in [0.2, 0.25) is 0 Å². The van der Waals surface area contributed by atoms with E-state index < -0.39 is 0 Å². The average molecular weight is 263 g/mol. The minimum absolute atomic E-state index is 0.328. The number of hydrogen-bond acceptors (Lipinski definition) is 3. The zero-order chi connectivity index (χ0) is 13.1. The van der Waals surface area contributed by atoms with Crippen LogP contribution in [0, 0.1) is 5.92 Å². The molecule has 2 aliphatic rings. The van der Waals surface area contributed by atoms with Crippen LogP contribution in [0.15, 0.2) is 12.3 Å². The van der Waals surface area contributed by atoms with E-state index in [1.165, 1.54) is 37.8 Å². The number of likely N-dealkylation sites (tertiary alicyclic amines) is 1. The topological polar surface area (TPSA) is 41.3 Å². The van der Waals surface area contributed by atoms with E-state index in [4.69, 9.17) is 10.2 Å². The maximum absolute atomic E-state index is 8.99. The molecule has 0 spiro atoms. The molecule has 2 fully saturated rings. The Hall–Kier alpha value is -0.870. The van der Waals surface area contributed by atoms with E-state index in [1.807, 2.05) is 0 Å². The molecule has 0 bridgehead atoms. The second-order valence-electron chi connectivity index (χ2n) is 6.13. The fourth-order valence-corrected chi connectivity index (χ4v) is 3.54. The number of hydrogen-bond donors (Lipinski definition) is 1. The van der Waals surface area contributed by atoms with Crippen LogP contribution >= 0.6 is 0 Å². The first-order valence-electron chi connectivity index (χ1n) is 7.72. The second kappa shape index (κ2) is 6.06. The van der Waals surface area contributed by atoms with E-state index >= 15 is 0 Å². The standard InChI is InChI=1S/C15H25N3O/c19-10-7-13-5-8-17(11-13)12-14-6-9-18(16-14)15-3-1-2-4-15/h6,9,13,15,19H,1-5,7-8,10-12H2. The highest BCUT2D eigenvalue weighted by molar-refractivity contribution is 5.01. The Balaban J connectivity index is 1.53. The van der Waals surface area contributed by atoms with Crippen molar-refractivity contribution in [2.24, 2.45) is 5.92 Å². The van der Waals surface area contributed by atoms with Crippen LogP contribution in [0.3, 0.4) is 0 Å². The van der Waals surface area contributed by atoms with Crippen LogP contribution < -0.4 is 0 Å². The first kappa shape index (κ1) is 13.1. The Kier molecular flexibility index (Phi) is 4.18. The molecule has 1 atom stereocenters. The lowest BCUT2D eigenvalue weighted by Gasteiger charge is -2.14. The van der Waals surface area contributed by atoms with Crippen LogP contribution in [0.5, 0.6) is 0 Å². The summed E-state index contributed by atoms with van der Waals surface area (Å²) in [6.45, 7) is 3.58. The van der Waals surface area contributed by atoms with Crippen molar-refractivity contribution >= 4 is 0 Å². The predicted molar refractivity (Wildman–Crippen MR) is 74.8 cm³/mol. The third kappa shape index (κ3) is 3.18. The minimum atomic E-state index is 0.328. The zero-order valence-electron chi connectivity index (χ0n) is 11.7. The van der Waals surface area contributed by atoms with E-state index in [0.717, 1.165) is 26.1 Å². The van der Waals surface area contributed by atoms with Crippen molar-refractivity contribution < 1.29 is 5.11 Å². The highest BCUT2D eigenvalue weighted by atomic mass is 16.3. The van der Waals surface area contributed by atoms with Crippen LogP contribution in [-0.4, -0.2) is 39.5 Å². The molecule has 19 heavy (non-hydrogen) atoms. The lowest BCUT2D eigenvalue weighted by atomic mass is 10.1. The summed E-state index contributed by atoms with van der Waals surface area (Å²) in [6.07, 6.45) is 9.64. The molecule has 106 valence electrons. The molecule has 4 nitrogen and oxygen atoms in total. The maximum Gasteiger partial charge on any atom is 0.0764 e. The minimum Gasteiger partial charge on any atom is -0.396 e. The van der Waals surface area contributed by atoms with Crippen molar-refractivity contribution in [1.82, 2.24) is 14.7 Å². The van der Waals surface area contributed by atoms with Gasteiger partial charge in [-0.05, 0) is 44.2 Å². The molecule has 1 aromatic heterocycles. The summed E-state index contributed by atoms with van der Waals surface area (Å²) >= 11 is 0. The summed E-state index contributed by atoms with van der Waals surface area (Å²) in [5, 5.41) is 13.7. The van der Waals surface area contributed by atoms with Gasteiger partial charge in [-0.1, -0.05) is 12.8 Å². The summed E-state index contributed by atoms with van der Waals surface area (Å²) < 4.78 is 2.18. The summed E-state index contributed by atoms with van der Waals surface area (Å²) in [4.78, 5) is 2.47. The monoisotopic (exact) mass is 263 g/mol. The normalized spacial score (nSPS) is 25.4. The molecule has 0 radical (unpaired) electrons. The van der Waals surface area contributed by atoms with Crippen LogP contribution in [-0.2, 0) is 6.54 Å². The van der Waals surface area contributed by atoms with Crippen LogP contribution in [0.1, 0.15) is 50.3 Å². The third-order valence-corrected chi connectivity index (χ3v) is 4.66. The van der Waals surface area contributed by atoms with E-state index in [1.54, 1.807) is 0 Å². The fourth-order valence-electron chi connectivity index (χ4n) is 3.54. The van der Waals surface area contributed by atoms with Gasteiger partial charge in [-0.25, -0.2) is 0 Å². The molecule has 2 heterocycles. The smallest absolute Gasteiger partial charge is 0.0764 e. The molecule has 0 aromatic carbocycles. The molecule has 4 heteroatoms. The van der Waals surface area contributed by atoms with Crippen molar-refractivity contribution in [2.45, 2.75) is 51.1 Å². The highest BCUT2D eigenvalue weighted by Gasteiger charge is 2.23. The van der Waals surface area contributed by atoms with Crippen molar-refractivity contribution in [3.8, 4) is 0 Å². The van der Waals surface area contributed by atoms with Crippen molar-refractivity contribution in [2.75, 3.05) is 19.7 Å². The van der Waals surface area contributed by atoms with Gasteiger partial charge in [-0.3, -0.25) is 9.58 Å². The number of aliphatic hydroxyl groups is 1. The number of aromatic nitrogens is 2. The first-order chi connectivity index (χ1) is 9.35. The number of rotatable bonds is 5. The molecule has 1 unspecified atom stereocenters. The molecule has 1 N–H and O–H groups in total. The molecular weight excluding hydrogens is 238 g/mol. The van der Waals surface area contributed by atoms with Gasteiger partial charge in [0, 0.05) is 25.9 Å². The molecule has 1 aromatic rings. The molecule has 1 saturated heterocycles. The van der Waals surface area contributed by atoms with Crippen molar-refractivity contribution in [1.29, 1.82) is 0 Å². The Morgan fingerprint density at radius 2 is 2.11 bits per heavy atom. The summed E-state index contributed by atoms with van der Waals surface area (Å²) in [5.74, 6) is 0.682. The Bertz CT molecular complexity index is 398. The zero-order valence-corrected chi connectivity index (χ0v) is 11.7. The number of nitrogens with zero attached hydrogens (tertiary/aromatic N) is 3. The van der Waals surface area contributed by atoms with Crippen LogP contribution in [0.4, 0.5) is 0 Å². The Morgan fingerprint density at radius 3 is 2.89 bits per heavy atom. The predicted octanol–water partition coefficient (Wildman–Crippen LogP) is 2.20. The highest BCUT2D eigenvalue weighted by Crippen LogP contribution is 2.29. The molecule has 1 aliphatic heterocycles. The van der Waals surface area contributed by atoms with Crippen molar-refractivity contribution in [3.63, 3.8) is 0 Å². The van der Waals surface area contributed by atoms with Crippen molar-refractivity contribution in [3.05, 3.63) is 18.0 Å². The summed E-state index contributed by atoms with van der Waals surface area (Å²) in [6, 6.07) is 2.83. The van der Waals surface area contributed by atoms with Gasteiger partial charge in [0.25, 0.3) is 0 Å². The van der Waals surface area contributed by atoms with E-state index in [-0.39, 0.29) is 0 Å². The summed E-state index contributed by atoms with van der Waals surface area (Å²) in [5.41, 5.74) is 1.21. The van der Waals surface area contributed by atoms with Crippen LogP contribution in [0.25, 0.3) is 0 Å². The van der Waals surface area contributed by atoms with Gasteiger partial charge >= 0.3 is 0 Å². The largest absolute Gasteiger partial charge is 0.396 e. The molecule has 3 rings (SSSR count). The number of aliphatic hydroxyl groups excluding tert-OH is 1. The maximum atomic E-state index is 8.99. The van der Waals surface area contributed by atoms with Gasteiger partial charge in [-0.15, -0.1) is 0 Å². The fraction of sp³-hybridized carbons (Fsp3) is 0.800. The Labute approximate surface area is 115 Å². The van der Waals surface area contributed by atoms with Gasteiger partial charge in [0.15, 0.2) is 0 Å². The van der Waals surface area contributed by atoms with E-state index in [2.05, 4.69) is 21.8 Å². The van der Waals surface area contributed by atoms with E-state index in [9.17, 15) is 0 Å². The van der Waals surface area contributed by atoms with Gasteiger partial charge < -0.3 is 5.11 Å². The van der Waals surface area contributed by atoms with Crippen LogP contribution in [0.2, 0.25) is 0 Å². The molecule has 1 aliphatic carbocycles. The second-order valence-corrected chi connectivity index (χ2v) is 6.13. The quantitative estimate of drug-likeness (QED) is 0.885. The van der Waals surface area contributed by atoms with Gasteiger partial charge in [0.05, 0.1) is 11.7 Å². The summed E-state index contributed by atoms with van der Waals surface area (Å²) in [7, 11) is 0. The molecule has 1 saturated carbocycles. The lowest BCUT2D eigenvalue weighted by Crippen LogP contribution is -2.21. The average Bonchev–Trinajstić information content (AvgIpc) is 3.10. The third-order valence-electron chi connectivity index (χ3n) is 4.66. The lowest BCUT2D eigenvalue weighted by molar-refractivity contribution is 0.248.